The first-order chi connectivity index (χ1) is 7.37. The van der Waals surface area contributed by atoms with E-state index in [4.69, 9.17) is 0 Å². The van der Waals surface area contributed by atoms with Crippen LogP contribution in [-0.2, 0) is 4.79 Å². The van der Waals surface area contributed by atoms with E-state index >= 15 is 0 Å². The summed E-state index contributed by atoms with van der Waals surface area (Å²) >= 11 is 0. The van der Waals surface area contributed by atoms with Crippen molar-refractivity contribution in [2.45, 2.75) is 33.2 Å². The molecular weight excluding hydrogens is 200 g/mol. The molecule has 0 aromatic heterocycles. The smallest absolute Gasteiger partial charge is 0.246 e. The van der Waals surface area contributed by atoms with Gasteiger partial charge in [-0.1, -0.05) is 18.2 Å². The average Bonchev–Trinajstić information content (AvgIpc) is 2.40. The molecule has 0 radical (unpaired) electrons. The van der Waals surface area contributed by atoms with Gasteiger partial charge in [-0.15, -0.1) is 0 Å². The van der Waals surface area contributed by atoms with Crippen molar-refractivity contribution in [1.29, 1.82) is 0 Å². The summed E-state index contributed by atoms with van der Waals surface area (Å²) < 4.78 is 0. The van der Waals surface area contributed by atoms with E-state index in [9.17, 15) is 4.79 Å². The van der Waals surface area contributed by atoms with E-state index in [0.29, 0.717) is 0 Å². The summed E-state index contributed by atoms with van der Waals surface area (Å²) in [5, 5.41) is 1.95. The largest absolute Gasteiger partial charge is 0.279 e. The zero-order valence-corrected chi connectivity index (χ0v) is 10.2. The molecule has 0 saturated carbocycles. The Hall–Kier alpha value is -1.51. The summed E-state index contributed by atoms with van der Waals surface area (Å²) in [5.41, 5.74) is 3.32. The number of rotatable bonds is 1. The topological polar surface area (TPSA) is 32.3 Å². The van der Waals surface area contributed by atoms with Crippen molar-refractivity contribution < 1.29 is 4.79 Å². The van der Waals surface area contributed by atoms with Crippen LogP contribution in [0.15, 0.2) is 30.3 Å². The number of para-hydroxylation sites is 1. The zero-order chi connectivity index (χ0) is 12.0. The number of nitrogens with zero attached hydrogens (tertiary/aromatic N) is 1. The molecule has 0 atom stereocenters. The molecule has 1 amide bonds. The molecule has 16 heavy (non-hydrogen) atoms. The van der Waals surface area contributed by atoms with Gasteiger partial charge in [-0.25, -0.2) is 0 Å². The van der Waals surface area contributed by atoms with Crippen LogP contribution in [0.5, 0.6) is 0 Å². The average molecular weight is 218 g/mol. The van der Waals surface area contributed by atoms with Gasteiger partial charge < -0.3 is 0 Å². The lowest BCUT2D eigenvalue weighted by atomic mass is 9.75. The minimum absolute atomic E-state index is 0.0707. The van der Waals surface area contributed by atoms with Crippen LogP contribution in [0.25, 0.3) is 0 Å². The summed E-state index contributed by atoms with van der Waals surface area (Å²) in [5.74, 6) is 0.0707. The number of carbonyl (C=O) groups is 1. The van der Waals surface area contributed by atoms with E-state index in [1.54, 1.807) is 0 Å². The fourth-order valence-corrected chi connectivity index (χ4v) is 1.90. The Labute approximate surface area is 96.4 Å². The highest BCUT2D eigenvalue weighted by molar-refractivity contribution is 5.89. The summed E-state index contributed by atoms with van der Waals surface area (Å²) in [4.78, 5) is 11.9. The normalized spacial score (nSPS) is 22.0. The first-order valence-electron chi connectivity index (χ1n) is 5.54. The van der Waals surface area contributed by atoms with E-state index in [1.807, 2.05) is 49.2 Å². The lowest BCUT2D eigenvalue weighted by molar-refractivity contribution is -0.127. The molecule has 0 bridgehead atoms. The second kappa shape index (κ2) is 3.24. The van der Waals surface area contributed by atoms with Gasteiger partial charge in [0.05, 0.1) is 16.6 Å². The van der Waals surface area contributed by atoms with E-state index < -0.39 is 5.41 Å². The van der Waals surface area contributed by atoms with Crippen molar-refractivity contribution in [2.24, 2.45) is 5.41 Å². The van der Waals surface area contributed by atoms with Crippen LogP contribution in [-0.4, -0.2) is 11.4 Å². The van der Waals surface area contributed by atoms with Crippen molar-refractivity contribution in [1.82, 2.24) is 5.43 Å². The molecule has 1 heterocycles. The lowest BCUT2D eigenvalue weighted by Crippen LogP contribution is -2.49. The molecular formula is C13H18N2O. The van der Waals surface area contributed by atoms with E-state index in [-0.39, 0.29) is 11.4 Å². The number of hydrogen-bond donors (Lipinski definition) is 1. The molecule has 86 valence electrons. The summed E-state index contributed by atoms with van der Waals surface area (Å²) in [6.45, 7) is 8.12. The SMILES string of the molecule is CC1(C)C(=O)NN(c2ccccc2)C1(C)C. The Morgan fingerprint density at radius 2 is 1.62 bits per heavy atom. The van der Waals surface area contributed by atoms with Crippen LogP contribution in [0, 0.1) is 5.41 Å². The molecule has 3 nitrogen and oxygen atoms in total. The molecule has 1 aromatic carbocycles. The molecule has 1 aliphatic rings. The van der Waals surface area contributed by atoms with Crippen LogP contribution < -0.4 is 10.4 Å². The minimum Gasteiger partial charge on any atom is -0.279 e. The Morgan fingerprint density at radius 3 is 2.06 bits per heavy atom. The Morgan fingerprint density at radius 1 is 1.06 bits per heavy atom. The Kier molecular flexibility index (Phi) is 2.22. The first-order valence-corrected chi connectivity index (χ1v) is 5.54. The van der Waals surface area contributed by atoms with Gasteiger partial charge in [0.1, 0.15) is 0 Å². The molecule has 1 aliphatic heterocycles. The van der Waals surface area contributed by atoms with Crippen LogP contribution in [0.4, 0.5) is 5.69 Å². The van der Waals surface area contributed by atoms with Gasteiger partial charge in [0.2, 0.25) is 5.91 Å². The van der Waals surface area contributed by atoms with Gasteiger partial charge in [-0.3, -0.25) is 15.2 Å². The van der Waals surface area contributed by atoms with Gasteiger partial charge in [0.15, 0.2) is 0 Å². The molecule has 3 heteroatoms. The number of amides is 1. The second-order valence-corrected chi connectivity index (χ2v) is 5.30. The van der Waals surface area contributed by atoms with Gasteiger partial charge in [-0.05, 0) is 39.8 Å². The third kappa shape index (κ3) is 1.31. The van der Waals surface area contributed by atoms with Crippen LogP contribution in [0.1, 0.15) is 27.7 Å². The monoisotopic (exact) mass is 218 g/mol. The highest BCUT2D eigenvalue weighted by Gasteiger charge is 2.53. The molecule has 0 spiro atoms. The number of hydrazine groups is 1. The summed E-state index contributed by atoms with van der Waals surface area (Å²) in [7, 11) is 0. The van der Waals surface area contributed by atoms with Crippen LogP contribution in [0.3, 0.4) is 0 Å². The van der Waals surface area contributed by atoms with E-state index in [0.717, 1.165) is 5.69 Å². The maximum absolute atomic E-state index is 11.9. The van der Waals surface area contributed by atoms with Crippen molar-refractivity contribution >= 4 is 11.6 Å². The minimum atomic E-state index is -0.400. The third-order valence-electron chi connectivity index (χ3n) is 3.88. The van der Waals surface area contributed by atoms with Crippen molar-refractivity contribution in [3.63, 3.8) is 0 Å². The molecule has 0 aliphatic carbocycles. The first kappa shape index (κ1) is 11.0. The molecule has 1 fully saturated rings. The number of hydrogen-bond acceptors (Lipinski definition) is 2. The summed E-state index contributed by atoms with van der Waals surface area (Å²) in [6, 6.07) is 9.93. The Balaban J connectivity index is 2.43. The Bertz CT molecular complexity index is 409. The number of anilines is 1. The van der Waals surface area contributed by atoms with E-state index in [1.165, 1.54) is 0 Å². The third-order valence-corrected chi connectivity index (χ3v) is 3.88. The zero-order valence-electron chi connectivity index (χ0n) is 10.2. The van der Waals surface area contributed by atoms with Crippen molar-refractivity contribution in [2.75, 3.05) is 5.01 Å². The van der Waals surface area contributed by atoms with E-state index in [2.05, 4.69) is 19.3 Å². The van der Waals surface area contributed by atoms with Crippen LogP contribution in [0.2, 0.25) is 0 Å². The maximum atomic E-state index is 11.9. The second-order valence-electron chi connectivity index (χ2n) is 5.30. The lowest BCUT2D eigenvalue weighted by Gasteiger charge is -2.38. The molecule has 1 aromatic rings. The van der Waals surface area contributed by atoms with Gasteiger partial charge in [-0.2, -0.15) is 0 Å². The predicted octanol–water partition coefficient (Wildman–Crippen LogP) is 2.34. The number of nitrogens with one attached hydrogen (secondary N) is 1. The van der Waals surface area contributed by atoms with Gasteiger partial charge in [0.25, 0.3) is 0 Å². The number of carbonyl (C=O) groups excluding carboxylic acids is 1. The summed E-state index contributed by atoms with van der Waals surface area (Å²) in [6.07, 6.45) is 0. The highest BCUT2D eigenvalue weighted by Crippen LogP contribution is 2.42. The van der Waals surface area contributed by atoms with Crippen molar-refractivity contribution in [3.05, 3.63) is 30.3 Å². The van der Waals surface area contributed by atoms with Crippen molar-refractivity contribution in [3.8, 4) is 0 Å². The van der Waals surface area contributed by atoms with Crippen LogP contribution >= 0.6 is 0 Å². The fraction of sp³-hybridized carbons (Fsp3) is 0.462. The predicted molar refractivity (Wildman–Crippen MR) is 64.9 cm³/mol. The quantitative estimate of drug-likeness (QED) is 0.784. The fourth-order valence-electron chi connectivity index (χ4n) is 1.90. The number of benzene rings is 1. The van der Waals surface area contributed by atoms with Gasteiger partial charge in [0, 0.05) is 0 Å². The molecule has 2 rings (SSSR count). The standard InChI is InChI=1S/C13H18N2O/c1-12(2)11(16)14-15(13(12,3)4)10-8-6-5-7-9-10/h5-9H,1-4H3,(H,14,16). The molecule has 0 unspecified atom stereocenters. The highest BCUT2D eigenvalue weighted by atomic mass is 16.2. The molecule has 1 saturated heterocycles. The van der Waals surface area contributed by atoms with Gasteiger partial charge >= 0.3 is 0 Å². The maximum Gasteiger partial charge on any atom is 0.246 e. The molecule has 1 N–H and O–H groups in total.